The van der Waals surface area contributed by atoms with Crippen LogP contribution in [0.25, 0.3) is 0 Å². The van der Waals surface area contributed by atoms with E-state index in [2.05, 4.69) is 5.32 Å². The van der Waals surface area contributed by atoms with Crippen molar-refractivity contribution in [2.75, 3.05) is 31.1 Å². The van der Waals surface area contributed by atoms with Gasteiger partial charge in [-0.2, -0.15) is 0 Å². The number of amides is 2. The molecule has 2 amide bonds. The predicted molar refractivity (Wildman–Crippen MR) is 81.1 cm³/mol. The van der Waals surface area contributed by atoms with Gasteiger partial charge in [-0.1, -0.05) is 12.1 Å². The Morgan fingerprint density at radius 2 is 2.00 bits per heavy atom. The van der Waals surface area contributed by atoms with Crippen molar-refractivity contribution in [3.8, 4) is 0 Å². The number of aliphatic carboxylic acids is 1. The third kappa shape index (κ3) is 1.90. The molecule has 3 aliphatic rings. The maximum absolute atomic E-state index is 12.5. The molecule has 2 aliphatic heterocycles. The number of carbonyl (C=O) groups excluding carboxylic acids is 1. The second-order valence-corrected chi connectivity index (χ2v) is 6.38. The van der Waals surface area contributed by atoms with E-state index in [-0.39, 0.29) is 12.1 Å². The molecule has 4 rings (SSSR count). The van der Waals surface area contributed by atoms with E-state index in [1.165, 1.54) is 0 Å². The van der Waals surface area contributed by atoms with Gasteiger partial charge in [-0.25, -0.2) is 4.79 Å². The van der Waals surface area contributed by atoms with Crippen LogP contribution in [-0.4, -0.2) is 54.2 Å². The van der Waals surface area contributed by atoms with Crippen molar-refractivity contribution in [1.82, 2.24) is 10.2 Å². The Hall–Kier alpha value is -2.08. The van der Waals surface area contributed by atoms with Crippen LogP contribution in [0.2, 0.25) is 0 Å². The Labute approximate surface area is 128 Å². The molecule has 0 aromatic heterocycles. The van der Waals surface area contributed by atoms with E-state index >= 15 is 0 Å². The summed E-state index contributed by atoms with van der Waals surface area (Å²) in [5.74, 6) is -0.749. The van der Waals surface area contributed by atoms with Gasteiger partial charge in [0.25, 0.3) is 0 Å². The largest absolute Gasteiger partial charge is 0.481 e. The van der Waals surface area contributed by atoms with Crippen molar-refractivity contribution in [3.05, 3.63) is 29.8 Å². The van der Waals surface area contributed by atoms with E-state index < -0.39 is 11.4 Å². The lowest BCUT2D eigenvalue weighted by Crippen LogP contribution is -2.49. The number of piperazine rings is 1. The quantitative estimate of drug-likeness (QED) is 0.874. The highest BCUT2D eigenvalue weighted by molar-refractivity contribution is 5.95. The van der Waals surface area contributed by atoms with Crippen molar-refractivity contribution in [3.63, 3.8) is 0 Å². The third-order valence-electron chi connectivity index (χ3n) is 5.11. The summed E-state index contributed by atoms with van der Waals surface area (Å²) >= 11 is 0. The summed E-state index contributed by atoms with van der Waals surface area (Å²) in [5, 5.41) is 12.7. The molecular weight excluding hydrogens is 282 g/mol. The number of hydrogen-bond donors (Lipinski definition) is 2. The molecule has 6 nitrogen and oxygen atoms in total. The summed E-state index contributed by atoms with van der Waals surface area (Å²) in [6, 6.07) is 7.76. The van der Waals surface area contributed by atoms with Crippen LogP contribution in [0.4, 0.5) is 10.5 Å². The third-order valence-corrected chi connectivity index (χ3v) is 5.11. The molecule has 0 radical (unpaired) electrons. The lowest BCUT2D eigenvalue weighted by molar-refractivity contribution is -0.140. The van der Waals surface area contributed by atoms with Crippen LogP contribution >= 0.6 is 0 Å². The molecule has 2 heterocycles. The van der Waals surface area contributed by atoms with Crippen molar-refractivity contribution in [2.45, 2.75) is 24.3 Å². The molecular formula is C16H19N3O3. The maximum atomic E-state index is 12.5. The predicted octanol–water partition coefficient (Wildman–Crippen LogP) is 1.02. The highest BCUT2D eigenvalue weighted by atomic mass is 16.4. The van der Waals surface area contributed by atoms with E-state index in [1.807, 2.05) is 29.2 Å². The van der Waals surface area contributed by atoms with Crippen molar-refractivity contribution < 1.29 is 14.7 Å². The number of urea groups is 1. The molecule has 6 heteroatoms. The van der Waals surface area contributed by atoms with Gasteiger partial charge < -0.3 is 15.3 Å². The zero-order valence-corrected chi connectivity index (χ0v) is 12.3. The topological polar surface area (TPSA) is 72.9 Å². The second kappa shape index (κ2) is 4.71. The minimum Gasteiger partial charge on any atom is -0.481 e. The summed E-state index contributed by atoms with van der Waals surface area (Å²) in [4.78, 5) is 27.6. The molecule has 1 aromatic carbocycles. The molecule has 116 valence electrons. The normalized spacial score (nSPS) is 26.0. The van der Waals surface area contributed by atoms with E-state index in [9.17, 15) is 14.7 Å². The second-order valence-electron chi connectivity index (χ2n) is 6.38. The molecule has 0 unspecified atom stereocenters. The van der Waals surface area contributed by atoms with Crippen LogP contribution in [-0.2, 0) is 10.2 Å². The molecule has 0 spiro atoms. The monoisotopic (exact) mass is 301 g/mol. The first kappa shape index (κ1) is 13.6. The number of nitrogens with one attached hydrogen (secondary N) is 1. The van der Waals surface area contributed by atoms with E-state index in [0.717, 1.165) is 30.9 Å². The van der Waals surface area contributed by atoms with Gasteiger partial charge in [0.15, 0.2) is 0 Å². The summed E-state index contributed by atoms with van der Waals surface area (Å²) in [6.07, 6.45) is 1.40. The van der Waals surface area contributed by atoms with Crippen LogP contribution in [0.15, 0.2) is 24.3 Å². The number of rotatable bonds is 3. The molecule has 2 N–H and O–H groups in total. The lowest BCUT2D eigenvalue weighted by Gasteiger charge is -2.28. The molecule has 1 aliphatic carbocycles. The average Bonchev–Trinajstić information content (AvgIpc) is 3.29. The van der Waals surface area contributed by atoms with Gasteiger partial charge in [-0.3, -0.25) is 9.69 Å². The first-order chi connectivity index (χ1) is 10.6. The molecule has 1 saturated carbocycles. The number of nitrogens with zero attached hydrogens (tertiary/aromatic N) is 2. The van der Waals surface area contributed by atoms with Gasteiger partial charge in [0.2, 0.25) is 0 Å². The summed E-state index contributed by atoms with van der Waals surface area (Å²) in [7, 11) is 0. The van der Waals surface area contributed by atoms with Crippen LogP contribution < -0.4 is 10.2 Å². The van der Waals surface area contributed by atoms with Gasteiger partial charge in [0, 0.05) is 31.9 Å². The van der Waals surface area contributed by atoms with Crippen molar-refractivity contribution in [2.24, 2.45) is 0 Å². The number of anilines is 1. The molecule has 1 aromatic rings. The zero-order chi connectivity index (χ0) is 15.3. The fraction of sp³-hybridized carbons (Fsp3) is 0.500. The number of benzene rings is 1. The fourth-order valence-corrected chi connectivity index (χ4v) is 3.55. The molecule has 0 bridgehead atoms. The highest BCUT2D eigenvalue weighted by Crippen LogP contribution is 2.48. The summed E-state index contributed by atoms with van der Waals surface area (Å²) in [5.41, 5.74) is 1.01. The number of carbonyl (C=O) groups is 2. The van der Waals surface area contributed by atoms with Gasteiger partial charge in [-0.05, 0) is 30.5 Å². The van der Waals surface area contributed by atoms with E-state index in [0.29, 0.717) is 19.4 Å². The van der Waals surface area contributed by atoms with Gasteiger partial charge in [0.1, 0.15) is 0 Å². The summed E-state index contributed by atoms with van der Waals surface area (Å²) in [6.45, 7) is 3.12. The molecule has 22 heavy (non-hydrogen) atoms. The highest BCUT2D eigenvalue weighted by Gasteiger charge is 2.51. The van der Waals surface area contributed by atoms with Gasteiger partial charge in [0.05, 0.1) is 11.5 Å². The number of fused-ring (bicyclic) bond motifs is 1. The standard InChI is InChI=1S/C16H19N3O3/c20-14(21)16(5-6-16)11-1-3-12(4-2-11)19-10-13-9-17-7-8-18(13)15(19)22/h1-4,13,17H,5-10H2,(H,20,21)/t13-/m0/s1. The first-order valence-electron chi connectivity index (χ1n) is 7.75. The minimum absolute atomic E-state index is 0.0543. The Morgan fingerprint density at radius 3 is 2.59 bits per heavy atom. The number of carboxylic acid groups (broad SMARTS) is 1. The maximum Gasteiger partial charge on any atom is 0.324 e. The molecule has 3 fully saturated rings. The van der Waals surface area contributed by atoms with Crippen LogP contribution in [0.1, 0.15) is 18.4 Å². The zero-order valence-electron chi connectivity index (χ0n) is 12.3. The molecule has 1 atom stereocenters. The smallest absolute Gasteiger partial charge is 0.324 e. The van der Waals surface area contributed by atoms with Crippen molar-refractivity contribution in [1.29, 1.82) is 0 Å². The van der Waals surface area contributed by atoms with Crippen LogP contribution in [0, 0.1) is 0 Å². The Kier molecular flexibility index (Phi) is 2.91. The number of carboxylic acids is 1. The van der Waals surface area contributed by atoms with Gasteiger partial charge >= 0.3 is 12.0 Å². The first-order valence-corrected chi connectivity index (χ1v) is 7.75. The summed E-state index contributed by atoms with van der Waals surface area (Å²) < 4.78 is 0. The van der Waals surface area contributed by atoms with E-state index in [1.54, 1.807) is 4.90 Å². The minimum atomic E-state index is -0.749. The Balaban J connectivity index is 1.57. The van der Waals surface area contributed by atoms with Crippen molar-refractivity contribution >= 4 is 17.7 Å². The Bertz CT molecular complexity index is 624. The Morgan fingerprint density at radius 1 is 1.27 bits per heavy atom. The molecule has 2 saturated heterocycles. The van der Waals surface area contributed by atoms with Gasteiger partial charge in [-0.15, -0.1) is 0 Å². The van der Waals surface area contributed by atoms with Crippen LogP contribution in [0.3, 0.4) is 0 Å². The SMILES string of the molecule is O=C1N(c2ccc(C3(C(=O)O)CC3)cc2)C[C@@H]2CNCCN12. The van der Waals surface area contributed by atoms with E-state index in [4.69, 9.17) is 0 Å². The fourth-order valence-electron chi connectivity index (χ4n) is 3.55. The number of hydrogen-bond acceptors (Lipinski definition) is 3. The van der Waals surface area contributed by atoms with Crippen LogP contribution in [0.5, 0.6) is 0 Å². The lowest BCUT2D eigenvalue weighted by atomic mass is 9.96. The average molecular weight is 301 g/mol.